The van der Waals surface area contributed by atoms with Crippen LogP contribution in [0.5, 0.6) is 0 Å². The number of ether oxygens (including phenoxy) is 2. The first-order chi connectivity index (χ1) is 11.5. The van der Waals surface area contributed by atoms with Crippen LogP contribution in [-0.2, 0) is 9.47 Å². The van der Waals surface area contributed by atoms with E-state index < -0.39 is 0 Å². The monoisotopic (exact) mass is 333 g/mol. The molecule has 0 unspecified atom stereocenters. The summed E-state index contributed by atoms with van der Waals surface area (Å²) in [6, 6.07) is 3.71. The number of nitrogens with zero attached hydrogens (tertiary/aromatic N) is 3. The molecule has 6 heteroatoms. The highest BCUT2D eigenvalue weighted by Gasteiger charge is 2.44. The van der Waals surface area contributed by atoms with Crippen LogP contribution in [0, 0.1) is 6.92 Å². The molecule has 1 aromatic heterocycles. The molecule has 24 heavy (non-hydrogen) atoms. The van der Waals surface area contributed by atoms with Crippen LogP contribution in [0.4, 0.5) is 0 Å². The van der Waals surface area contributed by atoms with E-state index in [9.17, 15) is 4.79 Å². The fraction of sp³-hybridized carbons (Fsp3) is 0.667. The lowest BCUT2D eigenvalue weighted by molar-refractivity contribution is -0.0878. The predicted octanol–water partition coefficient (Wildman–Crippen LogP) is 1.34. The third-order valence-electron chi connectivity index (χ3n) is 4.70. The Labute approximate surface area is 143 Å². The summed E-state index contributed by atoms with van der Waals surface area (Å²) in [4.78, 5) is 21.1. The van der Waals surface area contributed by atoms with E-state index in [0.29, 0.717) is 31.9 Å². The van der Waals surface area contributed by atoms with Gasteiger partial charge in [-0.1, -0.05) is 0 Å². The summed E-state index contributed by atoms with van der Waals surface area (Å²) in [7, 11) is 4.11. The van der Waals surface area contributed by atoms with Gasteiger partial charge in [-0.3, -0.25) is 9.78 Å². The van der Waals surface area contributed by atoms with E-state index in [1.54, 1.807) is 6.20 Å². The maximum absolute atomic E-state index is 12.8. The van der Waals surface area contributed by atoms with Gasteiger partial charge in [-0.05, 0) is 46.0 Å². The first kappa shape index (κ1) is 17.3. The first-order valence-corrected chi connectivity index (χ1v) is 8.60. The Morgan fingerprint density at radius 3 is 3.00 bits per heavy atom. The Morgan fingerprint density at radius 2 is 2.29 bits per heavy atom. The molecular weight excluding hydrogens is 306 g/mol. The van der Waals surface area contributed by atoms with Crippen molar-refractivity contribution in [2.45, 2.75) is 31.5 Å². The number of carbonyl (C=O) groups is 1. The average molecular weight is 333 g/mol. The highest BCUT2D eigenvalue weighted by atomic mass is 16.6. The minimum absolute atomic E-state index is 0.00651. The van der Waals surface area contributed by atoms with E-state index in [1.165, 1.54) is 0 Å². The summed E-state index contributed by atoms with van der Waals surface area (Å²) in [5.74, 6) is 0.00651. The third kappa shape index (κ3) is 3.94. The molecule has 3 rings (SSSR count). The number of amides is 1. The van der Waals surface area contributed by atoms with Crippen LogP contribution in [-0.4, -0.2) is 79.3 Å². The van der Waals surface area contributed by atoms with Crippen LogP contribution in [0.25, 0.3) is 0 Å². The number of pyridine rings is 1. The van der Waals surface area contributed by atoms with E-state index in [0.717, 1.165) is 25.1 Å². The van der Waals surface area contributed by atoms with Gasteiger partial charge >= 0.3 is 0 Å². The summed E-state index contributed by atoms with van der Waals surface area (Å²) in [6.45, 7) is 5.11. The van der Waals surface area contributed by atoms with Crippen molar-refractivity contribution in [3.8, 4) is 0 Å². The molecule has 0 aliphatic carbocycles. The van der Waals surface area contributed by atoms with Gasteiger partial charge in [0.25, 0.3) is 5.91 Å². The van der Waals surface area contributed by atoms with Gasteiger partial charge in [0.2, 0.25) is 0 Å². The van der Waals surface area contributed by atoms with Gasteiger partial charge in [-0.2, -0.15) is 0 Å². The second-order valence-corrected chi connectivity index (χ2v) is 7.19. The lowest BCUT2D eigenvalue weighted by Crippen LogP contribution is -2.47. The zero-order chi connectivity index (χ0) is 17.2. The second-order valence-electron chi connectivity index (χ2n) is 7.19. The number of likely N-dealkylation sites (N-methyl/N-ethyl adjacent to an activating group) is 1. The highest BCUT2D eigenvalue weighted by molar-refractivity contribution is 5.94. The number of rotatable bonds is 3. The summed E-state index contributed by atoms with van der Waals surface area (Å²) in [5, 5.41) is 0. The zero-order valence-corrected chi connectivity index (χ0v) is 14.8. The SMILES string of the molecule is Cc1ccc(C(=O)N2CCOC[C@@]3(CC[C@@H](CN(C)C)O3)C2)cn1. The van der Waals surface area contributed by atoms with Crippen LogP contribution >= 0.6 is 0 Å². The lowest BCUT2D eigenvalue weighted by atomic mass is 9.99. The summed E-state index contributed by atoms with van der Waals surface area (Å²) in [5.41, 5.74) is 1.17. The molecule has 2 fully saturated rings. The zero-order valence-electron chi connectivity index (χ0n) is 14.8. The Balaban J connectivity index is 1.71. The summed E-state index contributed by atoms with van der Waals surface area (Å²) >= 11 is 0. The van der Waals surface area contributed by atoms with Crippen molar-refractivity contribution in [1.29, 1.82) is 0 Å². The maximum Gasteiger partial charge on any atom is 0.255 e. The minimum Gasteiger partial charge on any atom is -0.377 e. The van der Waals surface area contributed by atoms with Crippen molar-refractivity contribution in [2.75, 3.05) is 46.9 Å². The Kier molecular flexibility index (Phi) is 5.18. The smallest absolute Gasteiger partial charge is 0.255 e. The number of aryl methyl sites for hydroxylation is 1. The van der Waals surface area contributed by atoms with E-state index in [1.807, 2.05) is 24.0 Å². The normalized spacial score (nSPS) is 27.7. The summed E-state index contributed by atoms with van der Waals surface area (Å²) < 4.78 is 12.1. The minimum atomic E-state index is -0.370. The highest BCUT2D eigenvalue weighted by Crippen LogP contribution is 2.33. The largest absolute Gasteiger partial charge is 0.377 e. The number of hydrogen-bond donors (Lipinski definition) is 0. The van der Waals surface area contributed by atoms with Crippen LogP contribution in [0.1, 0.15) is 28.9 Å². The van der Waals surface area contributed by atoms with Crippen molar-refractivity contribution < 1.29 is 14.3 Å². The molecule has 132 valence electrons. The molecule has 3 heterocycles. The molecule has 2 saturated heterocycles. The fourth-order valence-corrected chi connectivity index (χ4v) is 3.51. The van der Waals surface area contributed by atoms with Gasteiger partial charge < -0.3 is 19.3 Å². The van der Waals surface area contributed by atoms with Crippen molar-refractivity contribution in [2.24, 2.45) is 0 Å². The predicted molar refractivity (Wildman–Crippen MR) is 91.1 cm³/mol. The maximum atomic E-state index is 12.8. The molecule has 2 aliphatic rings. The molecule has 1 spiro atoms. The molecule has 0 radical (unpaired) electrons. The van der Waals surface area contributed by atoms with Crippen LogP contribution in [0.2, 0.25) is 0 Å². The average Bonchev–Trinajstić information content (AvgIpc) is 2.79. The van der Waals surface area contributed by atoms with E-state index in [4.69, 9.17) is 9.47 Å². The van der Waals surface area contributed by atoms with Crippen molar-refractivity contribution in [3.63, 3.8) is 0 Å². The van der Waals surface area contributed by atoms with Crippen molar-refractivity contribution in [3.05, 3.63) is 29.6 Å². The third-order valence-corrected chi connectivity index (χ3v) is 4.70. The van der Waals surface area contributed by atoms with E-state index >= 15 is 0 Å². The van der Waals surface area contributed by atoms with Crippen LogP contribution in [0.15, 0.2) is 18.3 Å². The first-order valence-electron chi connectivity index (χ1n) is 8.60. The molecule has 2 atom stereocenters. The molecule has 0 aromatic carbocycles. The van der Waals surface area contributed by atoms with Crippen LogP contribution < -0.4 is 0 Å². The Morgan fingerprint density at radius 1 is 1.46 bits per heavy atom. The molecular formula is C18H27N3O3. The number of aromatic nitrogens is 1. The molecule has 0 bridgehead atoms. The number of hydrogen-bond acceptors (Lipinski definition) is 5. The second kappa shape index (κ2) is 7.17. The molecule has 0 N–H and O–H groups in total. The molecule has 1 aromatic rings. The number of carbonyl (C=O) groups excluding carboxylic acids is 1. The van der Waals surface area contributed by atoms with Crippen LogP contribution in [0.3, 0.4) is 0 Å². The van der Waals surface area contributed by atoms with Gasteiger partial charge in [-0.25, -0.2) is 0 Å². The van der Waals surface area contributed by atoms with Crippen molar-refractivity contribution in [1.82, 2.24) is 14.8 Å². The van der Waals surface area contributed by atoms with Gasteiger partial charge in [0.15, 0.2) is 0 Å². The Hall–Kier alpha value is -1.50. The molecule has 2 aliphatic heterocycles. The van der Waals surface area contributed by atoms with Gasteiger partial charge in [-0.15, -0.1) is 0 Å². The summed E-state index contributed by atoms with van der Waals surface area (Å²) in [6.07, 6.45) is 3.80. The van der Waals surface area contributed by atoms with Gasteiger partial charge in [0.05, 0.1) is 31.4 Å². The van der Waals surface area contributed by atoms with Crippen molar-refractivity contribution >= 4 is 5.91 Å². The topological polar surface area (TPSA) is 54.9 Å². The molecule has 0 saturated carbocycles. The van der Waals surface area contributed by atoms with E-state index in [2.05, 4.69) is 24.0 Å². The Bertz CT molecular complexity index is 575. The lowest BCUT2D eigenvalue weighted by Gasteiger charge is -2.32. The van der Waals surface area contributed by atoms with E-state index in [-0.39, 0.29) is 17.6 Å². The quantitative estimate of drug-likeness (QED) is 0.836. The van der Waals surface area contributed by atoms with Gasteiger partial charge in [0, 0.05) is 25.0 Å². The standard InChI is InChI=1S/C18H27N3O3/c1-14-4-5-15(10-19-14)17(22)21-8-9-23-13-18(12-21)7-6-16(24-18)11-20(2)3/h4-5,10,16H,6-9,11-13H2,1-3H3/t16-,18+/m0/s1. The van der Waals surface area contributed by atoms with Gasteiger partial charge in [0.1, 0.15) is 5.60 Å². The molecule has 6 nitrogen and oxygen atoms in total. The fourth-order valence-electron chi connectivity index (χ4n) is 3.51. The molecule has 1 amide bonds.